The zero-order chi connectivity index (χ0) is 20.3. The van der Waals surface area contributed by atoms with Crippen LogP contribution in [0, 0.1) is 0 Å². The van der Waals surface area contributed by atoms with Crippen LogP contribution in [0.4, 0.5) is 0 Å². The fourth-order valence-corrected chi connectivity index (χ4v) is 5.10. The Bertz CT molecular complexity index is 1060. The Balaban J connectivity index is 1.59. The molecule has 8 nitrogen and oxygen atoms in total. The average Bonchev–Trinajstić information content (AvgIpc) is 3.35. The van der Waals surface area contributed by atoms with E-state index in [2.05, 4.69) is 10.2 Å². The molecule has 4 rings (SSSR count). The Morgan fingerprint density at radius 2 is 1.97 bits per heavy atom. The highest BCUT2D eigenvalue weighted by atomic mass is 32.2. The fraction of sp³-hybridized carbons (Fsp3) is 0.368. The Labute approximate surface area is 173 Å². The maximum Gasteiger partial charge on any atom is 0.257 e. The summed E-state index contributed by atoms with van der Waals surface area (Å²) in [4.78, 5) is 0.991. The van der Waals surface area contributed by atoms with E-state index in [0.29, 0.717) is 43.6 Å². The van der Waals surface area contributed by atoms with Gasteiger partial charge in [0.05, 0.1) is 29.5 Å². The van der Waals surface area contributed by atoms with Crippen molar-refractivity contribution in [3.63, 3.8) is 0 Å². The van der Waals surface area contributed by atoms with Gasteiger partial charge >= 0.3 is 0 Å². The van der Waals surface area contributed by atoms with Crippen molar-refractivity contribution in [3.8, 4) is 22.3 Å². The van der Waals surface area contributed by atoms with Gasteiger partial charge in [-0.25, -0.2) is 8.42 Å². The molecule has 0 radical (unpaired) electrons. The molecule has 1 aromatic carbocycles. The van der Waals surface area contributed by atoms with E-state index in [-0.39, 0.29) is 17.3 Å². The van der Waals surface area contributed by atoms with Gasteiger partial charge in [-0.1, -0.05) is 13.0 Å². The molecule has 1 aliphatic rings. The molecule has 1 aliphatic heterocycles. The van der Waals surface area contributed by atoms with Crippen molar-refractivity contribution in [2.45, 2.75) is 31.2 Å². The molecular formula is C19H21N3O5S2. The molecule has 0 bridgehead atoms. The minimum Gasteiger partial charge on any atom is -0.490 e. The van der Waals surface area contributed by atoms with Crippen LogP contribution in [-0.4, -0.2) is 42.7 Å². The monoisotopic (exact) mass is 435 g/mol. The number of aromatic nitrogens is 2. The van der Waals surface area contributed by atoms with E-state index in [9.17, 15) is 8.42 Å². The molecule has 3 heterocycles. The number of hydrogen-bond donors (Lipinski definition) is 0. The first-order valence-electron chi connectivity index (χ1n) is 9.34. The fourth-order valence-electron chi connectivity index (χ4n) is 2.95. The summed E-state index contributed by atoms with van der Waals surface area (Å²) in [5, 5.41) is 9.97. The summed E-state index contributed by atoms with van der Waals surface area (Å²) < 4.78 is 44.8. The number of nitrogens with zero attached hydrogens (tertiary/aromatic N) is 3. The predicted octanol–water partition coefficient (Wildman–Crippen LogP) is 3.56. The second kappa shape index (κ2) is 8.52. The van der Waals surface area contributed by atoms with E-state index in [1.54, 1.807) is 6.07 Å². The molecule has 0 fully saturated rings. The first kappa shape index (κ1) is 19.9. The van der Waals surface area contributed by atoms with Gasteiger partial charge in [-0.05, 0) is 30.0 Å². The summed E-state index contributed by atoms with van der Waals surface area (Å²) in [5.74, 6) is 1.64. The van der Waals surface area contributed by atoms with Gasteiger partial charge in [-0.3, -0.25) is 0 Å². The molecule has 10 heteroatoms. The second-order valence-corrected chi connectivity index (χ2v) is 9.36. The second-order valence-electron chi connectivity index (χ2n) is 6.48. The van der Waals surface area contributed by atoms with Crippen LogP contribution >= 0.6 is 11.3 Å². The van der Waals surface area contributed by atoms with Gasteiger partial charge in [0.25, 0.3) is 5.89 Å². The van der Waals surface area contributed by atoms with Crippen molar-refractivity contribution in [1.29, 1.82) is 0 Å². The number of benzene rings is 1. The Morgan fingerprint density at radius 1 is 1.14 bits per heavy atom. The molecular weight excluding hydrogens is 414 g/mol. The molecule has 29 heavy (non-hydrogen) atoms. The zero-order valence-electron chi connectivity index (χ0n) is 15.9. The molecule has 0 atom stereocenters. The third-order valence-electron chi connectivity index (χ3n) is 4.34. The summed E-state index contributed by atoms with van der Waals surface area (Å²) in [6.45, 7) is 3.28. The molecule has 2 aromatic heterocycles. The van der Waals surface area contributed by atoms with Crippen LogP contribution in [0.25, 0.3) is 10.8 Å². The van der Waals surface area contributed by atoms with Crippen molar-refractivity contribution in [1.82, 2.24) is 14.5 Å². The molecule has 0 saturated heterocycles. The lowest BCUT2D eigenvalue weighted by atomic mass is 10.3. The van der Waals surface area contributed by atoms with E-state index in [1.807, 2.05) is 24.4 Å². The number of fused-ring (bicyclic) bond motifs is 1. The standard InChI is InChI=1S/C19H21N3O5S2/c1-2-8-22(13-18-20-21-19(27-18)17-5-3-11-28-17)29(23,24)14-6-7-15-16(12-14)26-10-4-9-25-15/h3,5-7,11-12H,2,4,8-10,13H2,1H3. The van der Waals surface area contributed by atoms with Crippen LogP contribution in [0.2, 0.25) is 0 Å². The predicted molar refractivity (Wildman–Crippen MR) is 108 cm³/mol. The topological polar surface area (TPSA) is 94.8 Å². The van der Waals surface area contributed by atoms with Crippen molar-refractivity contribution in [2.24, 2.45) is 0 Å². The van der Waals surface area contributed by atoms with Gasteiger partial charge in [0, 0.05) is 19.0 Å². The normalized spacial score (nSPS) is 14.1. The van der Waals surface area contributed by atoms with Gasteiger partial charge in [-0.2, -0.15) is 4.31 Å². The van der Waals surface area contributed by atoms with E-state index in [0.717, 1.165) is 11.3 Å². The Morgan fingerprint density at radius 3 is 2.72 bits per heavy atom. The number of thiophene rings is 1. The van der Waals surface area contributed by atoms with Gasteiger partial charge in [0.1, 0.15) is 0 Å². The molecule has 0 N–H and O–H groups in total. The zero-order valence-corrected chi connectivity index (χ0v) is 17.5. The SMILES string of the molecule is CCCN(Cc1nnc(-c2cccs2)o1)S(=O)(=O)c1ccc2c(c1)OCCCO2. The van der Waals surface area contributed by atoms with E-state index < -0.39 is 10.0 Å². The molecule has 0 aliphatic carbocycles. The van der Waals surface area contributed by atoms with Crippen molar-refractivity contribution >= 4 is 21.4 Å². The van der Waals surface area contributed by atoms with E-state index in [4.69, 9.17) is 13.9 Å². The number of sulfonamides is 1. The minimum atomic E-state index is -3.78. The van der Waals surface area contributed by atoms with Crippen LogP contribution in [0.1, 0.15) is 25.7 Å². The summed E-state index contributed by atoms with van der Waals surface area (Å²) in [6.07, 6.45) is 1.40. The summed E-state index contributed by atoms with van der Waals surface area (Å²) in [6, 6.07) is 8.46. The average molecular weight is 436 g/mol. The molecule has 0 saturated carbocycles. The van der Waals surface area contributed by atoms with Gasteiger partial charge in [0.15, 0.2) is 11.5 Å². The molecule has 0 amide bonds. The van der Waals surface area contributed by atoms with Crippen LogP contribution in [0.15, 0.2) is 45.0 Å². The third kappa shape index (κ3) is 4.29. The Kier molecular flexibility index (Phi) is 5.84. The first-order valence-corrected chi connectivity index (χ1v) is 11.7. The molecule has 154 valence electrons. The lowest BCUT2D eigenvalue weighted by molar-refractivity contribution is 0.296. The van der Waals surface area contributed by atoms with Crippen molar-refractivity contribution < 1.29 is 22.3 Å². The van der Waals surface area contributed by atoms with E-state index >= 15 is 0 Å². The van der Waals surface area contributed by atoms with Crippen LogP contribution in [0.3, 0.4) is 0 Å². The first-order chi connectivity index (χ1) is 14.1. The third-order valence-corrected chi connectivity index (χ3v) is 7.04. The summed E-state index contributed by atoms with van der Waals surface area (Å²) in [7, 11) is -3.78. The molecule has 3 aromatic rings. The summed E-state index contributed by atoms with van der Waals surface area (Å²) in [5.41, 5.74) is 0. The van der Waals surface area contributed by atoms with Crippen LogP contribution in [0.5, 0.6) is 11.5 Å². The van der Waals surface area contributed by atoms with Gasteiger partial charge < -0.3 is 13.9 Å². The molecule has 0 unspecified atom stereocenters. The van der Waals surface area contributed by atoms with Crippen molar-refractivity contribution in [2.75, 3.05) is 19.8 Å². The van der Waals surface area contributed by atoms with Gasteiger partial charge in [-0.15, -0.1) is 21.5 Å². The molecule has 0 spiro atoms. The lowest BCUT2D eigenvalue weighted by Crippen LogP contribution is -2.31. The quantitative estimate of drug-likeness (QED) is 0.560. The largest absolute Gasteiger partial charge is 0.490 e. The van der Waals surface area contributed by atoms with Crippen molar-refractivity contribution in [3.05, 3.63) is 41.6 Å². The maximum atomic E-state index is 13.3. The number of rotatable bonds is 7. The maximum absolute atomic E-state index is 13.3. The highest BCUT2D eigenvalue weighted by Crippen LogP contribution is 2.33. The van der Waals surface area contributed by atoms with Gasteiger partial charge in [0.2, 0.25) is 15.9 Å². The van der Waals surface area contributed by atoms with Crippen LogP contribution < -0.4 is 9.47 Å². The minimum absolute atomic E-state index is 0.00297. The van der Waals surface area contributed by atoms with E-state index in [1.165, 1.54) is 27.8 Å². The van der Waals surface area contributed by atoms with Crippen LogP contribution in [-0.2, 0) is 16.6 Å². The number of hydrogen-bond acceptors (Lipinski definition) is 8. The summed E-state index contributed by atoms with van der Waals surface area (Å²) >= 11 is 1.48. The highest BCUT2D eigenvalue weighted by Gasteiger charge is 2.28. The Hall–Kier alpha value is -2.43. The highest BCUT2D eigenvalue weighted by molar-refractivity contribution is 7.89. The smallest absolute Gasteiger partial charge is 0.257 e. The lowest BCUT2D eigenvalue weighted by Gasteiger charge is -2.20. The number of ether oxygens (including phenoxy) is 2.